The third-order valence-electron chi connectivity index (χ3n) is 6.67. The first kappa shape index (κ1) is 18.0. The summed E-state index contributed by atoms with van der Waals surface area (Å²) in [5.74, 6) is 1.09. The number of carbonyl (C=O) groups is 1. The fraction of sp³-hybridized carbons (Fsp3) is 0.800. The van der Waals surface area contributed by atoms with E-state index in [-0.39, 0.29) is 18.6 Å². The van der Waals surface area contributed by atoms with Crippen LogP contribution in [0.2, 0.25) is 0 Å². The lowest BCUT2D eigenvalue weighted by molar-refractivity contribution is -0.141. The summed E-state index contributed by atoms with van der Waals surface area (Å²) in [5.41, 5.74) is 0.330. The fourth-order valence-electron chi connectivity index (χ4n) is 4.81. The molecule has 1 saturated heterocycles. The molecule has 1 spiro atoms. The van der Waals surface area contributed by atoms with Crippen molar-refractivity contribution < 1.29 is 9.53 Å². The number of hydrogen-bond donors (Lipinski definition) is 1. The highest BCUT2D eigenvalue weighted by atomic mass is 16.5. The summed E-state index contributed by atoms with van der Waals surface area (Å²) in [6, 6.07) is 0.351. The number of piperidine rings is 1. The Morgan fingerprint density at radius 3 is 2.81 bits per heavy atom. The van der Waals surface area contributed by atoms with Gasteiger partial charge in [0.1, 0.15) is 12.4 Å². The Morgan fingerprint density at radius 2 is 2.12 bits per heavy atom. The van der Waals surface area contributed by atoms with Gasteiger partial charge in [-0.25, -0.2) is 4.98 Å². The van der Waals surface area contributed by atoms with Crippen molar-refractivity contribution in [2.24, 2.45) is 12.5 Å². The molecule has 1 N–H and O–H groups in total. The van der Waals surface area contributed by atoms with Gasteiger partial charge in [0.15, 0.2) is 0 Å². The van der Waals surface area contributed by atoms with Crippen molar-refractivity contribution in [2.45, 2.75) is 70.1 Å². The largest absolute Gasteiger partial charge is 0.368 e. The molecular weight excluding hydrogens is 328 g/mol. The minimum Gasteiger partial charge on any atom is -0.368 e. The first-order valence-corrected chi connectivity index (χ1v) is 10.3. The second-order valence-electron chi connectivity index (χ2n) is 8.38. The number of imidazole rings is 1. The van der Waals surface area contributed by atoms with Crippen LogP contribution in [-0.2, 0) is 23.1 Å². The highest BCUT2D eigenvalue weighted by Crippen LogP contribution is 2.56. The van der Waals surface area contributed by atoms with Crippen LogP contribution in [0.5, 0.6) is 0 Å². The average molecular weight is 361 g/mol. The third-order valence-corrected chi connectivity index (χ3v) is 6.67. The molecule has 26 heavy (non-hydrogen) atoms. The predicted molar refractivity (Wildman–Crippen MR) is 99.5 cm³/mol. The van der Waals surface area contributed by atoms with Crippen molar-refractivity contribution in [2.75, 3.05) is 19.7 Å². The minimum absolute atomic E-state index is 0.138. The molecule has 3 aliphatic rings. The summed E-state index contributed by atoms with van der Waals surface area (Å²) in [6.45, 7) is 2.95. The zero-order valence-electron chi connectivity index (χ0n) is 16.0. The third kappa shape index (κ3) is 3.81. The van der Waals surface area contributed by atoms with Crippen LogP contribution >= 0.6 is 0 Å². The molecule has 144 valence electrons. The topological polar surface area (TPSA) is 59.4 Å². The maximum Gasteiger partial charge on any atom is 0.249 e. The number of aromatic nitrogens is 2. The van der Waals surface area contributed by atoms with E-state index in [2.05, 4.69) is 15.2 Å². The SMILES string of the molecule is Cn1ccnc1CN(C(=O)COC1CCCCC1)C1CC12CCNCC2. The smallest absolute Gasteiger partial charge is 0.249 e. The lowest BCUT2D eigenvalue weighted by atomic mass is 9.93. The molecule has 1 aromatic heterocycles. The standard InChI is InChI=1S/C20H32N4O2/c1-23-12-11-22-18(23)14-24(17-13-20(17)7-9-21-10-8-20)19(25)15-26-16-5-3-2-4-6-16/h11-12,16-17,21H,2-10,13-15H2,1H3. The predicted octanol–water partition coefficient (Wildman–Crippen LogP) is 2.24. The van der Waals surface area contributed by atoms with Gasteiger partial charge in [0.2, 0.25) is 5.91 Å². The maximum absolute atomic E-state index is 13.1. The normalized spacial score (nSPS) is 25.3. The van der Waals surface area contributed by atoms with Gasteiger partial charge in [-0.3, -0.25) is 4.79 Å². The number of ether oxygens (including phenoxy) is 1. The van der Waals surface area contributed by atoms with Gasteiger partial charge in [-0.1, -0.05) is 19.3 Å². The van der Waals surface area contributed by atoms with Crippen LogP contribution in [0.1, 0.15) is 57.2 Å². The van der Waals surface area contributed by atoms with Gasteiger partial charge in [0.05, 0.1) is 12.6 Å². The molecule has 2 heterocycles. The van der Waals surface area contributed by atoms with Crippen molar-refractivity contribution in [3.63, 3.8) is 0 Å². The summed E-state index contributed by atoms with van der Waals surface area (Å²) >= 11 is 0. The Morgan fingerprint density at radius 1 is 1.35 bits per heavy atom. The second-order valence-corrected chi connectivity index (χ2v) is 8.38. The molecule has 1 unspecified atom stereocenters. The molecule has 2 aliphatic carbocycles. The fourth-order valence-corrected chi connectivity index (χ4v) is 4.81. The molecule has 1 aliphatic heterocycles. The summed E-state index contributed by atoms with van der Waals surface area (Å²) in [4.78, 5) is 19.6. The summed E-state index contributed by atoms with van der Waals surface area (Å²) in [7, 11) is 2.00. The Kier molecular flexibility index (Phi) is 5.32. The Hall–Kier alpha value is -1.40. The van der Waals surface area contributed by atoms with Crippen molar-refractivity contribution in [3.8, 4) is 0 Å². The number of aryl methyl sites for hydroxylation is 1. The van der Waals surface area contributed by atoms with Crippen LogP contribution in [0.15, 0.2) is 12.4 Å². The summed E-state index contributed by atoms with van der Waals surface area (Å²) in [6.07, 6.45) is 13.5. The molecule has 0 bridgehead atoms. The van der Waals surface area contributed by atoms with E-state index in [0.717, 1.165) is 38.2 Å². The zero-order chi connectivity index (χ0) is 18.0. The van der Waals surface area contributed by atoms with Crippen LogP contribution < -0.4 is 5.32 Å². The quantitative estimate of drug-likeness (QED) is 0.845. The molecule has 2 saturated carbocycles. The van der Waals surface area contributed by atoms with Gasteiger partial charge < -0.3 is 19.5 Å². The summed E-state index contributed by atoms with van der Waals surface area (Å²) < 4.78 is 8.01. The van der Waals surface area contributed by atoms with E-state index in [1.54, 1.807) is 0 Å². The van der Waals surface area contributed by atoms with E-state index in [4.69, 9.17) is 4.74 Å². The highest BCUT2D eigenvalue weighted by Gasteiger charge is 2.57. The Bertz CT molecular complexity index is 617. The van der Waals surface area contributed by atoms with Gasteiger partial charge in [-0.2, -0.15) is 0 Å². The molecule has 4 rings (SSSR count). The molecule has 0 aromatic carbocycles. The number of nitrogens with one attached hydrogen (secondary N) is 1. The van der Waals surface area contributed by atoms with E-state index < -0.39 is 0 Å². The number of rotatable bonds is 6. The molecule has 0 radical (unpaired) electrons. The molecule has 1 atom stereocenters. The van der Waals surface area contributed by atoms with Gasteiger partial charge in [0, 0.05) is 25.5 Å². The van der Waals surface area contributed by atoms with Crippen molar-refractivity contribution in [3.05, 3.63) is 18.2 Å². The van der Waals surface area contributed by atoms with E-state index in [0.29, 0.717) is 18.0 Å². The highest BCUT2D eigenvalue weighted by molar-refractivity contribution is 5.78. The first-order valence-electron chi connectivity index (χ1n) is 10.3. The van der Waals surface area contributed by atoms with Crippen LogP contribution in [0.4, 0.5) is 0 Å². The molecular formula is C20H32N4O2. The van der Waals surface area contributed by atoms with E-state index in [9.17, 15) is 4.79 Å². The maximum atomic E-state index is 13.1. The lowest BCUT2D eigenvalue weighted by Gasteiger charge is -2.30. The van der Waals surface area contributed by atoms with Crippen molar-refractivity contribution >= 4 is 5.91 Å². The monoisotopic (exact) mass is 360 g/mol. The number of carbonyl (C=O) groups excluding carboxylic acids is 1. The van der Waals surface area contributed by atoms with Gasteiger partial charge in [0.25, 0.3) is 0 Å². The molecule has 6 heteroatoms. The van der Waals surface area contributed by atoms with Crippen LogP contribution in [0, 0.1) is 5.41 Å². The number of nitrogens with zero attached hydrogens (tertiary/aromatic N) is 3. The van der Waals surface area contributed by atoms with Crippen LogP contribution in [-0.4, -0.2) is 52.2 Å². The molecule has 1 aromatic rings. The average Bonchev–Trinajstić information content (AvgIpc) is 3.18. The first-order chi connectivity index (χ1) is 12.7. The lowest BCUT2D eigenvalue weighted by Crippen LogP contribution is -2.41. The zero-order valence-corrected chi connectivity index (χ0v) is 16.0. The Balaban J connectivity index is 1.41. The van der Waals surface area contributed by atoms with Gasteiger partial charge in [-0.15, -0.1) is 0 Å². The summed E-state index contributed by atoms with van der Waals surface area (Å²) in [5, 5.41) is 3.45. The second kappa shape index (κ2) is 7.69. The van der Waals surface area contributed by atoms with Gasteiger partial charge in [-0.05, 0) is 50.6 Å². The van der Waals surface area contributed by atoms with Gasteiger partial charge >= 0.3 is 0 Å². The number of amides is 1. The van der Waals surface area contributed by atoms with E-state index in [1.807, 2.05) is 24.0 Å². The Labute approximate surface area is 156 Å². The van der Waals surface area contributed by atoms with Crippen LogP contribution in [0.3, 0.4) is 0 Å². The van der Waals surface area contributed by atoms with Crippen molar-refractivity contribution in [1.29, 1.82) is 0 Å². The van der Waals surface area contributed by atoms with E-state index >= 15 is 0 Å². The molecule has 6 nitrogen and oxygen atoms in total. The van der Waals surface area contributed by atoms with Crippen molar-refractivity contribution in [1.82, 2.24) is 19.8 Å². The molecule has 1 amide bonds. The van der Waals surface area contributed by atoms with E-state index in [1.165, 1.54) is 32.1 Å². The number of hydrogen-bond acceptors (Lipinski definition) is 4. The minimum atomic E-state index is 0.138. The van der Waals surface area contributed by atoms with Crippen LogP contribution in [0.25, 0.3) is 0 Å². The molecule has 3 fully saturated rings.